The summed E-state index contributed by atoms with van der Waals surface area (Å²) in [6, 6.07) is 6.27. The molecule has 1 aliphatic carbocycles. The first kappa shape index (κ1) is 17.9. The molecule has 0 N–H and O–H groups in total. The summed E-state index contributed by atoms with van der Waals surface area (Å²) in [6.07, 6.45) is 5.70. The smallest absolute Gasteiger partial charge is 0.231 e. The second-order valence-electron chi connectivity index (χ2n) is 7.45. The zero-order valence-corrected chi connectivity index (χ0v) is 16.0. The van der Waals surface area contributed by atoms with Crippen LogP contribution in [0.25, 0.3) is 0 Å². The van der Waals surface area contributed by atoms with Crippen molar-refractivity contribution in [3.8, 4) is 11.5 Å². The van der Waals surface area contributed by atoms with Gasteiger partial charge in [-0.05, 0) is 50.8 Å². The lowest BCUT2D eigenvalue weighted by Crippen LogP contribution is -2.38. The summed E-state index contributed by atoms with van der Waals surface area (Å²) in [5, 5.41) is 3.99. The summed E-state index contributed by atoms with van der Waals surface area (Å²) < 4.78 is 16.1. The quantitative estimate of drug-likeness (QED) is 0.771. The summed E-state index contributed by atoms with van der Waals surface area (Å²) in [5.74, 6) is 2.54. The number of fused-ring (bicyclic) bond motifs is 1. The second kappa shape index (κ2) is 7.62. The number of aryl methyl sites for hydroxylation is 2. The molecule has 2 heterocycles. The summed E-state index contributed by atoms with van der Waals surface area (Å²) in [4.78, 5) is 15.2. The number of amides is 1. The highest BCUT2D eigenvalue weighted by Crippen LogP contribution is 2.34. The molecule has 1 aromatic carbocycles. The standard InChI is InChI=1S/C21H26N2O4/c1-14-18(15(2)27-22-14)8-10-21(24)23(17-5-3-4-6-17)12-16-7-9-19-20(11-16)26-13-25-19/h7,9,11,17H,3-6,8,10,12-13H2,1-2H3. The van der Waals surface area contributed by atoms with Gasteiger partial charge in [-0.1, -0.05) is 24.1 Å². The summed E-state index contributed by atoms with van der Waals surface area (Å²) in [7, 11) is 0. The molecule has 0 saturated heterocycles. The number of ether oxygens (including phenoxy) is 2. The maximum Gasteiger partial charge on any atom is 0.231 e. The minimum Gasteiger partial charge on any atom is -0.454 e. The van der Waals surface area contributed by atoms with Gasteiger partial charge < -0.3 is 18.9 Å². The number of hydrogen-bond donors (Lipinski definition) is 0. The molecule has 2 aliphatic rings. The number of carbonyl (C=O) groups excluding carboxylic acids is 1. The molecule has 0 radical (unpaired) electrons. The van der Waals surface area contributed by atoms with Crippen molar-refractivity contribution in [2.24, 2.45) is 0 Å². The minimum atomic E-state index is 0.194. The Hall–Kier alpha value is -2.50. The summed E-state index contributed by atoms with van der Waals surface area (Å²) >= 11 is 0. The molecule has 2 aromatic rings. The van der Waals surface area contributed by atoms with E-state index in [1.54, 1.807) is 0 Å². The van der Waals surface area contributed by atoms with Crippen molar-refractivity contribution in [1.29, 1.82) is 0 Å². The molecule has 0 unspecified atom stereocenters. The van der Waals surface area contributed by atoms with Gasteiger partial charge in [0.2, 0.25) is 12.7 Å². The lowest BCUT2D eigenvalue weighted by molar-refractivity contribution is -0.134. The molecule has 1 aliphatic heterocycles. The first-order chi connectivity index (χ1) is 13.1. The van der Waals surface area contributed by atoms with E-state index < -0.39 is 0 Å². The van der Waals surface area contributed by atoms with Crippen molar-refractivity contribution in [3.05, 3.63) is 40.8 Å². The Kier molecular flexibility index (Phi) is 5.05. The summed E-state index contributed by atoms with van der Waals surface area (Å²) in [6.45, 7) is 4.71. The minimum absolute atomic E-state index is 0.194. The average Bonchev–Trinajstić information content (AvgIpc) is 3.40. The van der Waals surface area contributed by atoms with Gasteiger partial charge in [-0.3, -0.25) is 4.79 Å². The first-order valence-electron chi connectivity index (χ1n) is 9.71. The third kappa shape index (κ3) is 3.80. The molecule has 1 saturated carbocycles. The molecule has 144 valence electrons. The molecule has 27 heavy (non-hydrogen) atoms. The highest BCUT2D eigenvalue weighted by molar-refractivity contribution is 5.77. The number of hydrogen-bond acceptors (Lipinski definition) is 5. The van der Waals surface area contributed by atoms with E-state index in [9.17, 15) is 4.79 Å². The first-order valence-corrected chi connectivity index (χ1v) is 9.71. The van der Waals surface area contributed by atoms with E-state index in [0.29, 0.717) is 25.4 Å². The van der Waals surface area contributed by atoms with E-state index in [4.69, 9.17) is 14.0 Å². The van der Waals surface area contributed by atoms with Gasteiger partial charge >= 0.3 is 0 Å². The average molecular weight is 370 g/mol. The molecule has 0 bridgehead atoms. The lowest BCUT2D eigenvalue weighted by atomic mass is 10.1. The van der Waals surface area contributed by atoms with Crippen LogP contribution in [0.15, 0.2) is 22.7 Å². The SMILES string of the molecule is Cc1noc(C)c1CCC(=O)N(Cc1ccc2c(c1)OCO2)C1CCCC1. The number of rotatable bonds is 6. The maximum absolute atomic E-state index is 13.1. The predicted molar refractivity (Wildman–Crippen MR) is 99.7 cm³/mol. The van der Waals surface area contributed by atoms with Crippen LogP contribution < -0.4 is 9.47 Å². The molecule has 1 amide bonds. The van der Waals surface area contributed by atoms with E-state index in [2.05, 4.69) is 10.1 Å². The van der Waals surface area contributed by atoms with Gasteiger partial charge in [0, 0.05) is 24.6 Å². The van der Waals surface area contributed by atoms with Gasteiger partial charge in [0.25, 0.3) is 0 Å². The zero-order chi connectivity index (χ0) is 18.8. The third-order valence-electron chi connectivity index (χ3n) is 5.65. The summed E-state index contributed by atoms with van der Waals surface area (Å²) in [5.41, 5.74) is 3.01. The fourth-order valence-electron chi connectivity index (χ4n) is 4.11. The van der Waals surface area contributed by atoms with Crippen molar-refractivity contribution < 1.29 is 18.8 Å². The Morgan fingerprint density at radius 2 is 1.96 bits per heavy atom. The molecule has 1 fully saturated rings. The zero-order valence-electron chi connectivity index (χ0n) is 16.0. The van der Waals surface area contributed by atoms with Crippen molar-refractivity contribution in [2.45, 2.75) is 65.0 Å². The van der Waals surface area contributed by atoms with Crippen LogP contribution in [0.1, 0.15) is 54.7 Å². The second-order valence-corrected chi connectivity index (χ2v) is 7.45. The van der Waals surface area contributed by atoms with Crippen LogP contribution in [0.3, 0.4) is 0 Å². The van der Waals surface area contributed by atoms with Gasteiger partial charge in [0.1, 0.15) is 5.76 Å². The monoisotopic (exact) mass is 370 g/mol. The molecule has 0 atom stereocenters. The molecule has 1 aromatic heterocycles. The Morgan fingerprint density at radius 3 is 2.70 bits per heavy atom. The molecule has 6 nitrogen and oxygen atoms in total. The van der Waals surface area contributed by atoms with Crippen molar-refractivity contribution in [3.63, 3.8) is 0 Å². The maximum atomic E-state index is 13.1. The van der Waals surface area contributed by atoms with Crippen molar-refractivity contribution >= 4 is 5.91 Å². The molecular formula is C21H26N2O4. The van der Waals surface area contributed by atoms with Gasteiger partial charge in [0.05, 0.1) is 5.69 Å². The van der Waals surface area contributed by atoms with Crippen LogP contribution in [0.5, 0.6) is 11.5 Å². The van der Waals surface area contributed by atoms with E-state index in [-0.39, 0.29) is 12.7 Å². The largest absolute Gasteiger partial charge is 0.454 e. The Balaban J connectivity index is 1.47. The molecule has 0 spiro atoms. The molecular weight excluding hydrogens is 344 g/mol. The van der Waals surface area contributed by atoms with Crippen LogP contribution in [-0.2, 0) is 17.8 Å². The number of aromatic nitrogens is 1. The topological polar surface area (TPSA) is 64.8 Å². The van der Waals surface area contributed by atoms with Crippen LogP contribution in [0.4, 0.5) is 0 Å². The highest BCUT2D eigenvalue weighted by atomic mass is 16.7. The van der Waals surface area contributed by atoms with Gasteiger partial charge in [-0.15, -0.1) is 0 Å². The van der Waals surface area contributed by atoms with Crippen molar-refractivity contribution in [1.82, 2.24) is 10.1 Å². The lowest BCUT2D eigenvalue weighted by Gasteiger charge is -2.29. The molecule has 6 heteroatoms. The normalized spacial score (nSPS) is 16.1. The van der Waals surface area contributed by atoms with Gasteiger partial charge in [-0.25, -0.2) is 0 Å². The van der Waals surface area contributed by atoms with E-state index >= 15 is 0 Å². The third-order valence-corrected chi connectivity index (χ3v) is 5.65. The number of nitrogens with zero attached hydrogens (tertiary/aromatic N) is 2. The van der Waals surface area contributed by atoms with Crippen LogP contribution >= 0.6 is 0 Å². The van der Waals surface area contributed by atoms with Crippen LogP contribution in [0.2, 0.25) is 0 Å². The van der Waals surface area contributed by atoms with Crippen molar-refractivity contribution in [2.75, 3.05) is 6.79 Å². The fraction of sp³-hybridized carbons (Fsp3) is 0.524. The van der Waals surface area contributed by atoms with Gasteiger partial charge in [0.15, 0.2) is 11.5 Å². The number of carbonyl (C=O) groups is 1. The van der Waals surface area contributed by atoms with E-state index in [0.717, 1.165) is 46.9 Å². The predicted octanol–water partition coefficient (Wildman–Crippen LogP) is 3.92. The Morgan fingerprint density at radius 1 is 1.19 bits per heavy atom. The fourth-order valence-corrected chi connectivity index (χ4v) is 4.11. The van der Waals surface area contributed by atoms with E-state index in [1.165, 1.54) is 12.8 Å². The van der Waals surface area contributed by atoms with Gasteiger partial charge in [-0.2, -0.15) is 0 Å². The number of benzene rings is 1. The Bertz CT molecular complexity index is 804. The van der Waals surface area contributed by atoms with Crippen LogP contribution in [0, 0.1) is 13.8 Å². The molecule has 4 rings (SSSR count). The van der Waals surface area contributed by atoms with E-state index in [1.807, 2.05) is 32.0 Å². The van der Waals surface area contributed by atoms with Crippen LogP contribution in [-0.4, -0.2) is 28.8 Å². The Labute approximate surface area is 159 Å². The highest BCUT2D eigenvalue weighted by Gasteiger charge is 2.27.